The number of aliphatic carboxylic acids is 1. The van der Waals surface area contributed by atoms with Crippen molar-refractivity contribution in [2.75, 3.05) is 0 Å². The third kappa shape index (κ3) is 12.7. The van der Waals surface area contributed by atoms with E-state index in [9.17, 15) is 4.79 Å². The van der Waals surface area contributed by atoms with Gasteiger partial charge in [-0.25, -0.2) is 0 Å². The molecule has 0 saturated carbocycles. The summed E-state index contributed by atoms with van der Waals surface area (Å²) in [6.07, 6.45) is 9.25. The zero-order chi connectivity index (χ0) is 12.1. The Morgan fingerprint density at radius 1 is 1.33 bits per heavy atom. The van der Waals surface area contributed by atoms with Crippen molar-refractivity contribution < 1.29 is 9.90 Å². The van der Waals surface area contributed by atoms with Crippen LogP contribution in [0.1, 0.15) is 40.0 Å². The van der Waals surface area contributed by atoms with Gasteiger partial charge in [-0.05, 0) is 25.3 Å². The topological polar surface area (TPSA) is 37.3 Å². The fourth-order valence-corrected chi connectivity index (χ4v) is 0.917. The molecule has 0 aliphatic carbocycles. The minimum Gasteiger partial charge on any atom is -0.481 e. The fraction of sp³-hybridized carbons (Fsp3) is 0.462. The maximum absolute atomic E-state index is 10.2. The summed E-state index contributed by atoms with van der Waals surface area (Å²) < 4.78 is 0. The van der Waals surface area contributed by atoms with Gasteiger partial charge in [0.05, 0.1) is 0 Å². The van der Waals surface area contributed by atoms with Gasteiger partial charge in [0.2, 0.25) is 0 Å². The highest BCUT2D eigenvalue weighted by molar-refractivity contribution is 5.66. The third-order valence-electron chi connectivity index (χ3n) is 1.62. The zero-order valence-electron chi connectivity index (χ0n) is 9.99. The Morgan fingerprint density at radius 3 is 2.33 bits per heavy atom. The number of carbonyl (C=O) groups is 1. The molecule has 0 rings (SSSR count). The molecule has 0 saturated heterocycles. The molecule has 0 radical (unpaired) electrons. The van der Waals surface area contributed by atoms with E-state index in [1.165, 1.54) is 0 Å². The minimum atomic E-state index is -0.741. The van der Waals surface area contributed by atoms with E-state index in [-0.39, 0.29) is 6.42 Å². The first-order chi connectivity index (χ1) is 7.20. The number of hydrogen-bond donors (Lipinski definition) is 1. The molecule has 86 valence electrons. The van der Waals surface area contributed by atoms with E-state index in [1.807, 2.05) is 39.0 Å². The molecule has 1 N–H and O–H groups in total. The van der Waals surface area contributed by atoms with Crippen LogP contribution in [0.3, 0.4) is 0 Å². The summed E-state index contributed by atoms with van der Waals surface area (Å²) in [6, 6.07) is 0. The van der Waals surface area contributed by atoms with Crippen LogP contribution in [-0.4, -0.2) is 11.1 Å². The molecule has 0 bridgehead atoms. The van der Waals surface area contributed by atoms with Gasteiger partial charge in [0.25, 0.3) is 0 Å². The van der Waals surface area contributed by atoms with Crippen molar-refractivity contribution in [1.82, 2.24) is 0 Å². The van der Waals surface area contributed by atoms with Crippen LogP contribution < -0.4 is 0 Å². The van der Waals surface area contributed by atoms with Crippen molar-refractivity contribution in [3.63, 3.8) is 0 Å². The summed E-state index contributed by atoms with van der Waals surface area (Å²) in [5.41, 5.74) is 1.08. The van der Waals surface area contributed by atoms with Gasteiger partial charge in [-0.1, -0.05) is 44.7 Å². The largest absolute Gasteiger partial charge is 0.481 e. The van der Waals surface area contributed by atoms with Crippen LogP contribution in [-0.2, 0) is 4.79 Å². The summed E-state index contributed by atoms with van der Waals surface area (Å²) in [4.78, 5) is 10.2. The zero-order valence-corrected chi connectivity index (χ0v) is 9.99. The van der Waals surface area contributed by atoms with Crippen molar-refractivity contribution in [3.05, 3.63) is 36.5 Å². The molecule has 0 aliphatic rings. The van der Waals surface area contributed by atoms with Crippen LogP contribution in [0.2, 0.25) is 0 Å². The second-order valence-electron chi connectivity index (χ2n) is 2.72. The van der Waals surface area contributed by atoms with Gasteiger partial charge in [0, 0.05) is 6.42 Å². The molecular formula is C13H22O2. The molecule has 0 aliphatic heterocycles. The van der Waals surface area contributed by atoms with Crippen LogP contribution in [0.25, 0.3) is 0 Å². The minimum absolute atomic E-state index is 0.223. The van der Waals surface area contributed by atoms with Crippen LogP contribution in [0, 0.1) is 0 Å². The lowest BCUT2D eigenvalue weighted by molar-refractivity contribution is -0.137. The summed E-state index contributed by atoms with van der Waals surface area (Å²) in [7, 11) is 0. The Labute approximate surface area is 93.0 Å². The average molecular weight is 210 g/mol. The number of allylic oxidation sites excluding steroid dienone is 5. The summed E-state index contributed by atoms with van der Waals surface area (Å²) in [5, 5.41) is 8.42. The van der Waals surface area contributed by atoms with Gasteiger partial charge in [0.1, 0.15) is 0 Å². The second-order valence-corrected chi connectivity index (χ2v) is 2.72. The van der Waals surface area contributed by atoms with Crippen molar-refractivity contribution in [2.24, 2.45) is 0 Å². The Morgan fingerprint density at radius 2 is 1.93 bits per heavy atom. The standard InChI is InChI=1S/C11H16O2.C2H6/c1-3-5-7-10(4-2)8-6-9-11(12)13;1-2/h3-5,7H,2,6,8-9H2,1H3,(H,12,13);1-2H3/b5-3+,10-7+;. The van der Waals surface area contributed by atoms with E-state index in [1.54, 1.807) is 6.08 Å². The number of carboxylic acid groups (broad SMARTS) is 1. The Balaban J connectivity index is 0. The first-order valence-electron chi connectivity index (χ1n) is 5.36. The van der Waals surface area contributed by atoms with E-state index in [0.717, 1.165) is 12.0 Å². The van der Waals surface area contributed by atoms with E-state index in [2.05, 4.69) is 6.58 Å². The smallest absolute Gasteiger partial charge is 0.303 e. The van der Waals surface area contributed by atoms with Crippen molar-refractivity contribution in [1.29, 1.82) is 0 Å². The maximum Gasteiger partial charge on any atom is 0.303 e. The quantitative estimate of drug-likeness (QED) is 0.674. The molecule has 0 unspecified atom stereocenters. The van der Waals surface area contributed by atoms with Crippen LogP contribution in [0.5, 0.6) is 0 Å². The first kappa shape index (κ1) is 16.1. The lowest BCUT2D eigenvalue weighted by Crippen LogP contribution is -1.93. The van der Waals surface area contributed by atoms with Gasteiger partial charge < -0.3 is 5.11 Å². The van der Waals surface area contributed by atoms with E-state index in [0.29, 0.717) is 6.42 Å². The molecule has 0 aromatic rings. The van der Waals surface area contributed by atoms with Gasteiger partial charge >= 0.3 is 5.97 Å². The van der Waals surface area contributed by atoms with E-state index >= 15 is 0 Å². The van der Waals surface area contributed by atoms with E-state index < -0.39 is 5.97 Å². The molecule has 0 aromatic heterocycles. The monoisotopic (exact) mass is 210 g/mol. The van der Waals surface area contributed by atoms with E-state index in [4.69, 9.17) is 5.11 Å². The van der Waals surface area contributed by atoms with Crippen LogP contribution >= 0.6 is 0 Å². The Bertz CT molecular complexity index is 225. The Hall–Kier alpha value is -1.31. The molecule has 0 fully saturated rings. The predicted octanol–water partition coefficient (Wildman–Crippen LogP) is 3.96. The summed E-state index contributed by atoms with van der Waals surface area (Å²) >= 11 is 0. The molecule has 0 spiro atoms. The highest BCUT2D eigenvalue weighted by atomic mass is 16.4. The lowest BCUT2D eigenvalue weighted by Gasteiger charge is -1.98. The van der Waals surface area contributed by atoms with Gasteiger partial charge in [-0.2, -0.15) is 0 Å². The fourth-order valence-electron chi connectivity index (χ4n) is 0.917. The summed E-state index contributed by atoms with van der Waals surface area (Å²) in [6.45, 7) is 9.60. The highest BCUT2D eigenvalue weighted by Crippen LogP contribution is 2.08. The Kier molecular flexibility index (Phi) is 13.6. The van der Waals surface area contributed by atoms with Gasteiger partial charge in [-0.3, -0.25) is 4.79 Å². The molecule has 2 nitrogen and oxygen atoms in total. The SMILES string of the molecule is C=C/C(=C\C=C\C)CCCC(=O)O.CC. The molecule has 15 heavy (non-hydrogen) atoms. The van der Waals surface area contributed by atoms with Crippen molar-refractivity contribution >= 4 is 5.97 Å². The number of hydrogen-bond acceptors (Lipinski definition) is 1. The molecule has 0 amide bonds. The van der Waals surface area contributed by atoms with Crippen molar-refractivity contribution in [3.8, 4) is 0 Å². The van der Waals surface area contributed by atoms with Gasteiger partial charge in [0.15, 0.2) is 0 Å². The number of carboxylic acids is 1. The summed E-state index contributed by atoms with van der Waals surface area (Å²) in [5.74, 6) is -0.741. The lowest BCUT2D eigenvalue weighted by atomic mass is 10.1. The predicted molar refractivity (Wildman–Crippen MR) is 65.9 cm³/mol. The molecular weight excluding hydrogens is 188 g/mol. The average Bonchev–Trinajstić information content (AvgIpc) is 2.25. The maximum atomic E-state index is 10.2. The van der Waals surface area contributed by atoms with Crippen LogP contribution in [0.15, 0.2) is 36.5 Å². The molecule has 2 heteroatoms. The third-order valence-corrected chi connectivity index (χ3v) is 1.62. The van der Waals surface area contributed by atoms with Crippen molar-refractivity contribution in [2.45, 2.75) is 40.0 Å². The highest BCUT2D eigenvalue weighted by Gasteiger charge is 1.97. The number of rotatable bonds is 6. The normalized spacial score (nSPS) is 10.7. The first-order valence-corrected chi connectivity index (χ1v) is 5.36. The van der Waals surface area contributed by atoms with Gasteiger partial charge in [-0.15, -0.1) is 0 Å². The second kappa shape index (κ2) is 12.7. The molecule has 0 atom stereocenters. The molecule has 0 heterocycles. The molecule has 0 aromatic carbocycles. The van der Waals surface area contributed by atoms with Crippen LogP contribution in [0.4, 0.5) is 0 Å².